The first-order valence-electron chi connectivity index (χ1n) is 10.6. The van der Waals surface area contributed by atoms with Crippen molar-refractivity contribution in [1.82, 2.24) is 5.32 Å². The molecule has 7 nitrogen and oxygen atoms in total. The SMILES string of the molecule is CCOc1ccc(N(CC(=O)N[C@H](C)c2ccccc2OC)S(=O)(=O)c2ccccc2)cc1. The van der Waals surface area contributed by atoms with Crippen LogP contribution in [0.4, 0.5) is 5.69 Å². The van der Waals surface area contributed by atoms with E-state index in [4.69, 9.17) is 9.47 Å². The number of sulfonamides is 1. The Kier molecular flexibility index (Phi) is 7.95. The Bertz CT molecular complexity index is 1160. The smallest absolute Gasteiger partial charge is 0.264 e. The molecule has 174 valence electrons. The molecule has 0 aliphatic heterocycles. The first kappa shape index (κ1) is 24.1. The van der Waals surface area contributed by atoms with Crippen molar-refractivity contribution in [3.63, 3.8) is 0 Å². The number of carbonyl (C=O) groups is 1. The van der Waals surface area contributed by atoms with Crippen LogP contribution < -0.4 is 19.1 Å². The highest BCUT2D eigenvalue weighted by molar-refractivity contribution is 7.92. The molecule has 8 heteroatoms. The summed E-state index contributed by atoms with van der Waals surface area (Å²) in [5, 5.41) is 2.88. The van der Waals surface area contributed by atoms with Gasteiger partial charge in [0, 0.05) is 5.56 Å². The molecule has 0 saturated carbocycles. The van der Waals surface area contributed by atoms with E-state index >= 15 is 0 Å². The van der Waals surface area contributed by atoms with Crippen LogP contribution in [0, 0.1) is 0 Å². The first-order valence-corrected chi connectivity index (χ1v) is 12.0. The van der Waals surface area contributed by atoms with Gasteiger partial charge in [0.25, 0.3) is 10.0 Å². The number of carbonyl (C=O) groups excluding carboxylic acids is 1. The van der Waals surface area contributed by atoms with Gasteiger partial charge >= 0.3 is 0 Å². The van der Waals surface area contributed by atoms with Gasteiger partial charge < -0.3 is 14.8 Å². The van der Waals surface area contributed by atoms with Gasteiger partial charge in [-0.25, -0.2) is 8.42 Å². The highest BCUT2D eigenvalue weighted by atomic mass is 32.2. The molecule has 1 atom stereocenters. The number of hydrogen-bond donors (Lipinski definition) is 1. The maximum absolute atomic E-state index is 13.4. The Hall–Kier alpha value is -3.52. The van der Waals surface area contributed by atoms with Crippen molar-refractivity contribution in [1.29, 1.82) is 0 Å². The van der Waals surface area contributed by atoms with Gasteiger partial charge in [-0.15, -0.1) is 0 Å². The molecule has 3 aromatic carbocycles. The minimum atomic E-state index is -3.98. The molecule has 0 heterocycles. The Labute approximate surface area is 195 Å². The average molecular weight is 469 g/mol. The second-order valence-electron chi connectivity index (χ2n) is 7.28. The van der Waals surface area contributed by atoms with Crippen molar-refractivity contribution in [3.8, 4) is 11.5 Å². The van der Waals surface area contributed by atoms with E-state index in [-0.39, 0.29) is 17.5 Å². The lowest BCUT2D eigenvalue weighted by Crippen LogP contribution is -2.41. The van der Waals surface area contributed by atoms with Gasteiger partial charge in [-0.1, -0.05) is 36.4 Å². The number of hydrogen-bond acceptors (Lipinski definition) is 5. The lowest BCUT2D eigenvalue weighted by Gasteiger charge is -2.25. The fraction of sp³-hybridized carbons (Fsp3) is 0.240. The normalized spacial score (nSPS) is 12.0. The predicted octanol–water partition coefficient (Wildman–Crippen LogP) is 4.17. The van der Waals surface area contributed by atoms with Crippen molar-refractivity contribution >= 4 is 21.6 Å². The van der Waals surface area contributed by atoms with Crippen LogP contribution >= 0.6 is 0 Å². The Morgan fingerprint density at radius 3 is 2.24 bits per heavy atom. The molecule has 33 heavy (non-hydrogen) atoms. The molecule has 1 N–H and O–H groups in total. The maximum Gasteiger partial charge on any atom is 0.264 e. The summed E-state index contributed by atoms with van der Waals surface area (Å²) in [7, 11) is -2.42. The summed E-state index contributed by atoms with van der Waals surface area (Å²) in [5.41, 5.74) is 1.16. The number of rotatable bonds is 10. The van der Waals surface area contributed by atoms with Crippen LogP contribution in [0.25, 0.3) is 0 Å². The largest absolute Gasteiger partial charge is 0.496 e. The van der Waals surface area contributed by atoms with Crippen LogP contribution in [0.3, 0.4) is 0 Å². The highest BCUT2D eigenvalue weighted by Gasteiger charge is 2.28. The van der Waals surface area contributed by atoms with E-state index in [0.717, 1.165) is 9.87 Å². The number of nitrogens with zero attached hydrogens (tertiary/aromatic N) is 1. The van der Waals surface area contributed by atoms with Gasteiger partial charge in [-0.3, -0.25) is 9.10 Å². The highest BCUT2D eigenvalue weighted by Crippen LogP contribution is 2.27. The molecule has 0 aliphatic rings. The average Bonchev–Trinajstić information content (AvgIpc) is 2.83. The molecule has 1 amide bonds. The fourth-order valence-corrected chi connectivity index (χ4v) is 4.87. The lowest BCUT2D eigenvalue weighted by atomic mass is 10.1. The van der Waals surface area contributed by atoms with Crippen LogP contribution in [0.15, 0.2) is 83.8 Å². The van der Waals surface area contributed by atoms with Crippen LogP contribution in [0.2, 0.25) is 0 Å². The third-order valence-corrected chi connectivity index (χ3v) is 6.83. The maximum atomic E-state index is 13.4. The Morgan fingerprint density at radius 2 is 1.61 bits per heavy atom. The van der Waals surface area contributed by atoms with E-state index in [0.29, 0.717) is 23.8 Å². The van der Waals surface area contributed by atoms with Crippen molar-refractivity contribution < 1.29 is 22.7 Å². The molecule has 0 aromatic heterocycles. The van der Waals surface area contributed by atoms with E-state index in [1.165, 1.54) is 12.1 Å². The summed E-state index contributed by atoms with van der Waals surface area (Å²) >= 11 is 0. The molecular formula is C25H28N2O5S. The number of nitrogens with one attached hydrogen (secondary N) is 1. The molecule has 0 bridgehead atoms. The molecule has 0 radical (unpaired) electrons. The predicted molar refractivity (Wildman–Crippen MR) is 128 cm³/mol. The van der Waals surface area contributed by atoms with Crippen molar-refractivity contribution in [3.05, 3.63) is 84.4 Å². The second-order valence-corrected chi connectivity index (χ2v) is 9.15. The summed E-state index contributed by atoms with van der Waals surface area (Å²) in [6, 6.07) is 21.6. The minimum absolute atomic E-state index is 0.101. The zero-order valence-corrected chi connectivity index (χ0v) is 19.7. The lowest BCUT2D eigenvalue weighted by molar-refractivity contribution is -0.120. The second kappa shape index (κ2) is 10.9. The number of methoxy groups -OCH3 is 1. The zero-order chi connectivity index (χ0) is 23.8. The molecule has 0 unspecified atom stereocenters. The minimum Gasteiger partial charge on any atom is -0.496 e. The summed E-state index contributed by atoms with van der Waals surface area (Å²) < 4.78 is 38.8. The first-order chi connectivity index (χ1) is 15.9. The molecule has 3 rings (SSSR count). The summed E-state index contributed by atoms with van der Waals surface area (Å²) in [5.74, 6) is 0.819. The molecule has 3 aromatic rings. The third-order valence-electron chi connectivity index (χ3n) is 5.04. The number of anilines is 1. The van der Waals surface area contributed by atoms with Crippen LogP contribution in [-0.2, 0) is 14.8 Å². The van der Waals surface area contributed by atoms with E-state index in [1.807, 2.05) is 38.1 Å². The molecule has 0 aliphatic carbocycles. The van der Waals surface area contributed by atoms with E-state index < -0.39 is 15.9 Å². The number of ether oxygens (including phenoxy) is 2. The quantitative estimate of drug-likeness (QED) is 0.483. The number of amides is 1. The number of benzene rings is 3. The van der Waals surface area contributed by atoms with Gasteiger partial charge in [0.1, 0.15) is 18.0 Å². The van der Waals surface area contributed by atoms with Gasteiger partial charge in [-0.05, 0) is 56.3 Å². The summed E-state index contributed by atoms with van der Waals surface area (Å²) in [4.78, 5) is 13.1. The monoisotopic (exact) mass is 468 g/mol. The topological polar surface area (TPSA) is 84.9 Å². The van der Waals surface area contributed by atoms with Crippen molar-refractivity contribution in [2.24, 2.45) is 0 Å². The van der Waals surface area contributed by atoms with Crippen molar-refractivity contribution in [2.75, 3.05) is 24.6 Å². The van der Waals surface area contributed by atoms with E-state index in [1.54, 1.807) is 49.6 Å². The zero-order valence-electron chi connectivity index (χ0n) is 18.9. The fourth-order valence-electron chi connectivity index (χ4n) is 3.43. The van der Waals surface area contributed by atoms with Gasteiger partial charge in [0.2, 0.25) is 5.91 Å². The number of para-hydroxylation sites is 1. The van der Waals surface area contributed by atoms with Gasteiger partial charge in [0.05, 0.1) is 30.3 Å². The van der Waals surface area contributed by atoms with Crippen molar-refractivity contribution in [2.45, 2.75) is 24.8 Å². The molecule has 0 fully saturated rings. The van der Waals surface area contributed by atoms with Gasteiger partial charge in [0.15, 0.2) is 0 Å². The third kappa shape index (κ3) is 5.84. The summed E-state index contributed by atoms with van der Waals surface area (Å²) in [6.45, 7) is 3.80. The molecule has 0 saturated heterocycles. The van der Waals surface area contributed by atoms with E-state index in [2.05, 4.69) is 5.32 Å². The summed E-state index contributed by atoms with van der Waals surface area (Å²) in [6.07, 6.45) is 0. The van der Waals surface area contributed by atoms with Crippen LogP contribution in [-0.4, -0.2) is 34.6 Å². The van der Waals surface area contributed by atoms with Crippen LogP contribution in [0.5, 0.6) is 11.5 Å². The van der Waals surface area contributed by atoms with Gasteiger partial charge in [-0.2, -0.15) is 0 Å². The molecule has 0 spiro atoms. The van der Waals surface area contributed by atoms with E-state index in [9.17, 15) is 13.2 Å². The van der Waals surface area contributed by atoms with Crippen LogP contribution in [0.1, 0.15) is 25.5 Å². The Morgan fingerprint density at radius 1 is 0.970 bits per heavy atom. The Balaban J connectivity index is 1.88. The standard InChI is InChI=1S/C25H28N2O5S/c1-4-32-21-16-14-20(15-17-21)27(33(29,30)22-10-6-5-7-11-22)18-25(28)26-19(2)23-12-8-9-13-24(23)31-3/h5-17,19H,4,18H2,1-3H3,(H,26,28)/t19-/m1/s1. The molecular weight excluding hydrogens is 440 g/mol.